The molecular weight excluding hydrogens is 380 g/mol. The van der Waals surface area contributed by atoms with E-state index in [4.69, 9.17) is 25.8 Å². The SMILES string of the molecule is CCOC(=O)c1nc(Cl)nc(NCc2ccc(OC)cc2OC)c1[N+](=O)[O-]. The Morgan fingerprint density at radius 1 is 1.30 bits per heavy atom. The zero-order valence-corrected chi connectivity index (χ0v) is 15.6. The molecule has 0 bridgehead atoms. The van der Waals surface area contributed by atoms with Gasteiger partial charge in [-0.15, -0.1) is 0 Å². The molecule has 0 atom stereocenters. The molecule has 27 heavy (non-hydrogen) atoms. The van der Waals surface area contributed by atoms with Gasteiger partial charge in [0.1, 0.15) is 11.5 Å². The lowest BCUT2D eigenvalue weighted by molar-refractivity contribution is -0.384. The number of esters is 1. The van der Waals surface area contributed by atoms with Crippen molar-refractivity contribution in [3.05, 3.63) is 44.9 Å². The Labute approximate surface area is 159 Å². The van der Waals surface area contributed by atoms with Gasteiger partial charge in [-0.3, -0.25) is 10.1 Å². The maximum Gasteiger partial charge on any atom is 0.364 e. The molecule has 0 aliphatic rings. The van der Waals surface area contributed by atoms with Crippen molar-refractivity contribution in [3.8, 4) is 11.5 Å². The topological polar surface area (TPSA) is 126 Å². The van der Waals surface area contributed by atoms with Crippen LogP contribution in [0.1, 0.15) is 23.0 Å². The molecule has 0 spiro atoms. The van der Waals surface area contributed by atoms with E-state index >= 15 is 0 Å². The molecule has 2 rings (SSSR count). The van der Waals surface area contributed by atoms with Crippen LogP contribution in [-0.4, -0.2) is 41.7 Å². The zero-order chi connectivity index (χ0) is 20.0. The molecule has 0 unspecified atom stereocenters. The van der Waals surface area contributed by atoms with Crippen LogP contribution < -0.4 is 14.8 Å². The molecule has 1 N–H and O–H groups in total. The number of halogens is 1. The highest BCUT2D eigenvalue weighted by Crippen LogP contribution is 2.30. The van der Waals surface area contributed by atoms with Crippen molar-refractivity contribution in [1.29, 1.82) is 0 Å². The summed E-state index contributed by atoms with van der Waals surface area (Å²) in [4.78, 5) is 30.2. The van der Waals surface area contributed by atoms with Gasteiger partial charge in [0.25, 0.3) is 0 Å². The fraction of sp³-hybridized carbons (Fsp3) is 0.312. The molecule has 0 saturated carbocycles. The van der Waals surface area contributed by atoms with Crippen LogP contribution in [0.3, 0.4) is 0 Å². The van der Waals surface area contributed by atoms with E-state index in [2.05, 4.69) is 15.3 Å². The number of nitrogens with one attached hydrogen (secondary N) is 1. The minimum absolute atomic E-state index is 0.0312. The second kappa shape index (κ2) is 8.99. The third kappa shape index (κ3) is 4.73. The molecule has 10 nitrogen and oxygen atoms in total. The minimum Gasteiger partial charge on any atom is -0.497 e. The van der Waals surface area contributed by atoms with E-state index < -0.39 is 22.3 Å². The summed E-state index contributed by atoms with van der Waals surface area (Å²) in [5, 5.41) is 13.9. The van der Waals surface area contributed by atoms with Crippen LogP contribution in [0, 0.1) is 10.1 Å². The van der Waals surface area contributed by atoms with Crippen LogP contribution in [-0.2, 0) is 11.3 Å². The number of hydrogen-bond acceptors (Lipinski definition) is 9. The molecule has 0 aliphatic heterocycles. The summed E-state index contributed by atoms with van der Waals surface area (Å²) < 4.78 is 15.2. The Bertz CT molecular complexity index is 861. The fourth-order valence-electron chi connectivity index (χ4n) is 2.24. The number of ether oxygens (including phenoxy) is 3. The quantitative estimate of drug-likeness (QED) is 0.310. The van der Waals surface area contributed by atoms with E-state index in [1.54, 1.807) is 25.1 Å². The predicted octanol–water partition coefficient (Wildman–Crippen LogP) is 2.84. The first kappa shape index (κ1) is 20.2. The third-order valence-electron chi connectivity index (χ3n) is 3.45. The van der Waals surface area contributed by atoms with Gasteiger partial charge in [0.05, 0.1) is 25.7 Å². The van der Waals surface area contributed by atoms with Gasteiger partial charge in [-0.25, -0.2) is 9.78 Å². The average Bonchev–Trinajstić information content (AvgIpc) is 2.65. The van der Waals surface area contributed by atoms with Crippen LogP contribution >= 0.6 is 11.6 Å². The van der Waals surface area contributed by atoms with E-state index in [-0.39, 0.29) is 24.3 Å². The smallest absolute Gasteiger partial charge is 0.364 e. The molecule has 0 amide bonds. The Morgan fingerprint density at radius 3 is 2.63 bits per heavy atom. The Hall–Kier alpha value is -3.14. The number of nitro groups is 1. The van der Waals surface area contributed by atoms with Crippen molar-refractivity contribution in [3.63, 3.8) is 0 Å². The van der Waals surface area contributed by atoms with Gasteiger partial charge in [-0.05, 0) is 30.7 Å². The second-order valence-corrected chi connectivity index (χ2v) is 5.39. The van der Waals surface area contributed by atoms with Crippen LogP contribution in [0.25, 0.3) is 0 Å². The van der Waals surface area contributed by atoms with Crippen molar-refractivity contribution in [2.75, 3.05) is 26.1 Å². The van der Waals surface area contributed by atoms with Crippen molar-refractivity contribution in [2.45, 2.75) is 13.5 Å². The molecule has 11 heteroatoms. The van der Waals surface area contributed by atoms with Crippen LogP contribution in [0.2, 0.25) is 5.28 Å². The highest BCUT2D eigenvalue weighted by Gasteiger charge is 2.30. The molecule has 0 radical (unpaired) electrons. The molecule has 0 aliphatic carbocycles. The summed E-state index contributed by atoms with van der Waals surface area (Å²) in [7, 11) is 3.01. The van der Waals surface area contributed by atoms with E-state index in [0.29, 0.717) is 17.1 Å². The first-order chi connectivity index (χ1) is 12.9. The molecule has 144 valence electrons. The van der Waals surface area contributed by atoms with E-state index in [1.807, 2.05) is 0 Å². The Balaban J connectivity index is 2.39. The lowest BCUT2D eigenvalue weighted by Crippen LogP contribution is -2.15. The Morgan fingerprint density at radius 2 is 2.04 bits per heavy atom. The summed E-state index contributed by atoms with van der Waals surface area (Å²) in [6.07, 6.45) is 0. The first-order valence-electron chi connectivity index (χ1n) is 7.75. The number of methoxy groups -OCH3 is 2. The molecular formula is C16H17ClN4O6. The highest BCUT2D eigenvalue weighted by molar-refractivity contribution is 6.28. The average molecular weight is 397 g/mol. The van der Waals surface area contributed by atoms with Gasteiger partial charge in [0, 0.05) is 18.2 Å². The third-order valence-corrected chi connectivity index (χ3v) is 3.62. The maximum absolute atomic E-state index is 12.0. The summed E-state index contributed by atoms with van der Waals surface area (Å²) in [6, 6.07) is 5.11. The standard InChI is InChI=1S/C16H17ClN4O6/c1-4-27-15(22)12-13(21(23)24)14(20-16(17)19-12)18-8-9-5-6-10(25-2)7-11(9)26-3/h5-7H,4,8H2,1-3H3,(H,18,19,20). The molecule has 0 fully saturated rings. The van der Waals surface area contributed by atoms with Gasteiger partial charge in [0.15, 0.2) is 0 Å². The van der Waals surface area contributed by atoms with Crippen LogP contribution in [0.15, 0.2) is 18.2 Å². The number of rotatable bonds is 8. The Kier molecular flexibility index (Phi) is 6.72. The molecule has 1 aromatic carbocycles. The predicted molar refractivity (Wildman–Crippen MR) is 96.5 cm³/mol. The first-order valence-corrected chi connectivity index (χ1v) is 8.12. The minimum atomic E-state index is -0.960. The number of carbonyl (C=O) groups excluding carboxylic acids is 1. The van der Waals surface area contributed by atoms with E-state index in [1.165, 1.54) is 14.2 Å². The summed E-state index contributed by atoms with van der Waals surface area (Å²) in [5.74, 6) is -0.0639. The molecule has 1 aromatic heterocycles. The highest BCUT2D eigenvalue weighted by atomic mass is 35.5. The van der Waals surface area contributed by atoms with Crippen molar-refractivity contribution in [2.24, 2.45) is 0 Å². The number of anilines is 1. The number of aromatic nitrogens is 2. The lowest BCUT2D eigenvalue weighted by atomic mass is 10.2. The largest absolute Gasteiger partial charge is 0.497 e. The van der Waals surface area contributed by atoms with Gasteiger partial charge >= 0.3 is 11.7 Å². The summed E-state index contributed by atoms with van der Waals surface area (Å²) >= 11 is 5.82. The zero-order valence-electron chi connectivity index (χ0n) is 14.8. The molecule has 0 saturated heterocycles. The monoisotopic (exact) mass is 396 g/mol. The van der Waals surface area contributed by atoms with Gasteiger partial charge in [-0.1, -0.05) is 0 Å². The second-order valence-electron chi connectivity index (χ2n) is 5.05. The molecule has 1 heterocycles. The van der Waals surface area contributed by atoms with Crippen molar-refractivity contribution < 1.29 is 23.9 Å². The fourth-order valence-corrected chi connectivity index (χ4v) is 2.41. The van der Waals surface area contributed by atoms with Crippen molar-refractivity contribution in [1.82, 2.24) is 9.97 Å². The number of nitrogens with zero attached hydrogens (tertiary/aromatic N) is 3. The molecule has 2 aromatic rings. The maximum atomic E-state index is 12.0. The number of benzene rings is 1. The number of hydrogen-bond donors (Lipinski definition) is 1. The lowest BCUT2D eigenvalue weighted by Gasteiger charge is -2.12. The van der Waals surface area contributed by atoms with Gasteiger partial charge in [0.2, 0.25) is 16.8 Å². The normalized spacial score (nSPS) is 10.2. The van der Waals surface area contributed by atoms with Gasteiger partial charge in [-0.2, -0.15) is 4.98 Å². The number of carbonyl (C=O) groups is 1. The summed E-state index contributed by atoms with van der Waals surface area (Å²) in [6.45, 7) is 1.72. The van der Waals surface area contributed by atoms with E-state index in [9.17, 15) is 14.9 Å². The van der Waals surface area contributed by atoms with E-state index in [0.717, 1.165) is 0 Å². The van der Waals surface area contributed by atoms with Crippen LogP contribution in [0.5, 0.6) is 11.5 Å². The van der Waals surface area contributed by atoms with Crippen molar-refractivity contribution >= 4 is 29.1 Å². The summed E-state index contributed by atoms with van der Waals surface area (Å²) in [5.41, 5.74) is -0.462. The van der Waals surface area contributed by atoms with Crippen LogP contribution in [0.4, 0.5) is 11.5 Å². The van der Waals surface area contributed by atoms with Gasteiger partial charge < -0.3 is 19.5 Å².